The Morgan fingerprint density at radius 1 is 1.21 bits per heavy atom. The molecule has 0 fully saturated rings. The molecule has 108 valence electrons. The molecule has 19 heavy (non-hydrogen) atoms. The van der Waals surface area contributed by atoms with Crippen molar-refractivity contribution in [1.29, 1.82) is 0 Å². The third-order valence-electron chi connectivity index (χ3n) is 2.99. The van der Waals surface area contributed by atoms with Gasteiger partial charge >= 0.3 is 0 Å². The van der Waals surface area contributed by atoms with Crippen LogP contribution < -0.4 is 5.32 Å². The van der Waals surface area contributed by atoms with Crippen LogP contribution in [-0.4, -0.2) is 19.7 Å². The number of hydrogen-bond acceptors (Lipinski definition) is 2. The zero-order valence-electron chi connectivity index (χ0n) is 12.5. The molecule has 2 nitrogen and oxygen atoms in total. The SMILES string of the molecule is CCNCC(OCCC(C)(C)C)c1ccc(Br)cc1. The monoisotopic (exact) mass is 327 g/mol. The van der Waals surface area contributed by atoms with Crippen molar-refractivity contribution in [2.75, 3.05) is 19.7 Å². The highest BCUT2D eigenvalue weighted by molar-refractivity contribution is 9.10. The lowest BCUT2D eigenvalue weighted by atomic mass is 9.93. The third kappa shape index (κ3) is 7.09. The molecule has 0 bridgehead atoms. The average molecular weight is 328 g/mol. The van der Waals surface area contributed by atoms with Crippen molar-refractivity contribution in [3.8, 4) is 0 Å². The highest BCUT2D eigenvalue weighted by Gasteiger charge is 2.14. The molecule has 0 aliphatic carbocycles. The minimum absolute atomic E-state index is 0.135. The average Bonchev–Trinajstić information content (AvgIpc) is 2.33. The molecule has 0 amide bonds. The summed E-state index contributed by atoms with van der Waals surface area (Å²) in [6, 6.07) is 8.40. The number of ether oxygens (including phenoxy) is 1. The maximum atomic E-state index is 6.07. The van der Waals surface area contributed by atoms with E-state index in [1.807, 2.05) is 0 Å². The van der Waals surface area contributed by atoms with Crippen molar-refractivity contribution in [3.63, 3.8) is 0 Å². The van der Waals surface area contributed by atoms with E-state index in [2.05, 4.69) is 73.2 Å². The maximum absolute atomic E-state index is 6.07. The fourth-order valence-corrected chi connectivity index (χ4v) is 2.00. The van der Waals surface area contributed by atoms with Gasteiger partial charge in [0.1, 0.15) is 0 Å². The summed E-state index contributed by atoms with van der Waals surface area (Å²) in [4.78, 5) is 0. The smallest absolute Gasteiger partial charge is 0.0949 e. The van der Waals surface area contributed by atoms with E-state index in [0.29, 0.717) is 5.41 Å². The van der Waals surface area contributed by atoms with Gasteiger partial charge in [-0.15, -0.1) is 0 Å². The Hall–Kier alpha value is -0.380. The highest BCUT2D eigenvalue weighted by atomic mass is 79.9. The summed E-state index contributed by atoms with van der Waals surface area (Å²) in [6.07, 6.45) is 1.21. The Morgan fingerprint density at radius 2 is 1.84 bits per heavy atom. The van der Waals surface area contributed by atoms with Crippen LogP contribution in [0.15, 0.2) is 28.7 Å². The van der Waals surface area contributed by atoms with Gasteiger partial charge in [-0.05, 0) is 36.1 Å². The molecular formula is C16H26BrNO. The van der Waals surface area contributed by atoms with Crippen molar-refractivity contribution in [2.24, 2.45) is 5.41 Å². The number of benzene rings is 1. The van der Waals surface area contributed by atoms with Crippen molar-refractivity contribution in [2.45, 2.75) is 40.2 Å². The van der Waals surface area contributed by atoms with E-state index in [-0.39, 0.29) is 6.10 Å². The van der Waals surface area contributed by atoms with Crippen LogP contribution in [-0.2, 0) is 4.74 Å². The minimum atomic E-state index is 0.135. The third-order valence-corrected chi connectivity index (χ3v) is 3.52. The van der Waals surface area contributed by atoms with Gasteiger partial charge in [-0.2, -0.15) is 0 Å². The van der Waals surface area contributed by atoms with E-state index in [4.69, 9.17) is 4.74 Å². The fraction of sp³-hybridized carbons (Fsp3) is 0.625. The lowest BCUT2D eigenvalue weighted by Crippen LogP contribution is -2.24. The summed E-state index contributed by atoms with van der Waals surface area (Å²) >= 11 is 3.47. The maximum Gasteiger partial charge on any atom is 0.0949 e. The lowest BCUT2D eigenvalue weighted by molar-refractivity contribution is 0.0373. The second-order valence-electron chi connectivity index (χ2n) is 6.03. The minimum Gasteiger partial charge on any atom is -0.372 e. The zero-order chi connectivity index (χ0) is 14.3. The number of likely N-dealkylation sites (N-methyl/N-ethyl adjacent to an activating group) is 1. The Morgan fingerprint density at radius 3 is 2.37 bits per heavy atom. The van der Waals surface area contributed by atoms with E-state index in [9.17, 15) is 0 Å². The molecule has 0 saturated heterocycles. The van der Waals surface area contributed by atoms with Gasteiger partial charge < -0.3 is 10.1 Å². The number of rotatable bonds is 7. The normalized spacial score (nSPS) is 13.5. The molecule has 0 aliphatic rings. The van der Waals surface area contributed by atoms with Gasteiger partial charge in [0.25, 0.3) is 0 Å². The van der Waals surface area contributed by atoms with Crippen molar-refractivity contribution in [1.82, 2.24) is 5.32 Å². The second-order valence-corrected chi connectivity index (χ2v) is 6.94. The van der Waals surface area contributed by atoms with Gasteiger partial charge in [-0.1, -0.05) is 55.8 Å². The van der Waals surface area contributed by atoms with E-state index in [1.54, 1.807) is 0 Å². The molecule has 0 radical (unpaired) electrons. The zero-order valence-corrected chi connectivity index (χ0v) is 14.1. The second kappa shape index (κ2) is 8.03. The predicted octanol–water partition coefficient (Wildman–Crippen LogP) is 4.55. The first-order valence-corrected chi connectivity index (χ1v) is 7.79. The van der Waals surface area contributed by atoms with E-state index < -0.39 is 0 Å². The molecule has 1 N–H and O–H groups in total. The van der Waals surface area contributed by atoms with E-state index >= 15 is 0 Å². The molecule has 1 aromatic rings. The summed E-state index contributed by atoms with van der Waals surface area (Å²) in [6.45, 7) is 11.5. The fourth-order valence-electron chi connectivity index (χ4n) is 1.73. The molecule has 0 spiro atoms. The molecule has 0 heterocycles. The van der Waals surface area contributed by atoms with Crippen molar-refractivity contribution in [3.05, 3.63) is 34.3 Å². The topological polar surface area (TPSA) is 21.3 Å². The Balaban J connectivity index is 2.58. The summed E-state index contributed by atoms with van der Waals surface area (Å²) in [5.74, 6) is 0. The number of hydrogen-bond donors (Lipinski definition) is 1. The van der Waals surface area contributed by atoms with Crippen molar-refractivity contribution < 1.29 is 4.74 Å². The van der Waals surface area contributed by atoms with Crippen LogP contribution in [0.3, 0.4) is 0 Å². The Kier molecular flexibility index (Phi) is 7.05. The Labute approximate surface area is 126 Å². The van der Waals surface area contributed by atoms with Crippen LogP contribution in [0, 0.1) is 5.41 Å². The molecule has 0 aromatic heterocycles. The largest absolute Gasteiger partial charge is 0.372 e. The molecule has 1 aromatic carbocycles. The molecule has 1 unspecified atom stereocenters. The summed E-state index contributed by atoms with van der Waals surface area (Å²) in [5.41, 5.74) is 1.56. The quantitative estimate of drug-likeness (QED) is 0.793. The van der Waals surface area contributed by atoms with Gasteiger partial charge in [0.2, 0.25) is 0 Å². The van der Waals surface area contributed by atoms with Gasteiger partial charge in [0.15, 0.2) is 0 Å². The van der Waals surface area contributed by atoms with E-state index in [1.165, 1.54) is 5.56 Å². The van der Waals surface area contributed by atoms with Crippen LogP contribution in [0.1, 0.15) is 45.8 Å². The number of nitrogens with one attached hydrogen (secondary N) is 1. The lowest BCUT2D eigenvalue weighted by Gasteiger charge is -2.23. The van der Waals surface area contributed by atoms with Crippen LogP contribution >= 0.6 is 15.9 Å². The highest BCUT2D eigenvalue weighted by Crippen LogP contribution is 2.23. The van der Waals surface area contributed by atoms with Gasteiger partial charge in [-0.25, -0.2) is 0 Å². The standard InChI is InChI=1S/C16H26BrNO/c1-5-18-12-15(19-11-10-16(2,3)4)13-6-8-14(17)9-7-13/h6-9,15,18H,5,10-12H2,1-4H3. The summed E-state index contributed by atoms with van der Waals surface area (Å²) in [7, 11) is 0. The summed E-state index contributed by atoms with van der Waals surface area (Å²) < 4.78 is 7.17. The first-order valence-electron chi connectivity index (χ1n) is 7.00. The predicted molar refractivity (Wildman–Crippen MR) is 85.5 cm³/mol. The molecule has 1 atom stereocenters. The van der Waals surface area contributed by atoms with Crippen molar-refractivity contribution >= 4 is 15.9 Å². The van der Waals surface area contributed by atoms with Crippen LogP contribution in [0.25, 0.3) is 0 Å². The molecule has 1 rings (SSSR count). The first kappa shape index (κ1) is 16.7. The number of halogens is 1. The van der Waals surface area contributed by atoms with Gasteiger partial charge in [0, 0.05) is 17.6 Å². The summed E-state index contributed by atoms with van der Waals surface area (Å²) in [5, 5.41) is 3.37. The molecule has 0 saturated carbocycles. The van der Waals surface area contributed by atoms with Crippen LogP contribution in [0.5, 0.6) is 0 Å². The Bertz CT molecular complexity index is 356. The van der Waals surface area contributed by atoms with Crippen LogP contribution in [0.4, 0.5) is 0 Å². The van der Waals surface area contributed by atoms with Gasteiger partial charge in [0.05, 0.1) is 6.10 Å². The molecule has 3 heteroatoms. The van der Waals surface area contributed by atoms with Crippen LogP contribution in [0.2, 0.25) is 0 Å². The van der Waals surface area contributed by atoms with Gasteiger partial charge in [-0.3, -0.25) is 0 Å². The molecule has 0 aliphatic heterocycles. The molecular weight excluding hydrogens is 302 g/mol. The first-order chi connectivity index (χ1) is 8.92. The van der Waals surface area contributed by atoms with E-state index in [0.717, 1.165) is 30.6 Å².